The van der Waals surface area contributed by atoms with E-state index in [1.807, 2.05) is 0 Å². The van der Waals surface area contributed by atoms with Crippen LogP contribution in [0.1, 0.15) is 50.7 Å². The van der Waals surface area contributed by atoms with E-state index >= 15 is 0 Å². The van der Waals surface area contributed by atoms with Crippen LogP contribution in [0.25, 0.3) is 44.3 Å². The average molecular weight is 730 g/mol. The second kappa shape index (κ2) is 13.2. The summed E-state index contributed by atoms with van der Waals surface area (Å²) in [5.41, 5.74) is 17.3. The minimum atomic E-state index is -0.463. The van der Waals surface area contributed by atoms with Gasteiger partial charge in [0.1, 0.15) is 6.17 Å². The van der Waals surface area contributed by atoms with Crippen molar-refractivity contribution in [3.05, 3.63) is 251 Å². The highest BCUT2D eigenvalue weighted by Crippen LogP contribution is 2.57. The van der Waals surface area contributed by atoms with Crippen LogP contribution in [-0.4, -0.2) is 10.3 Å². The lowest BCUT2D eigenvalue weighted by Crippen LogP contribution is -2.28. The number of nitrogens with one attached hydrogen (secondary N) is 1. The third-order valence-corrected chi connectivity index (χ3v) is 11.9. The van der Waals surface area contributed by atoms with E-state index in [4.69, 9.17) is 4.99 Å². The van der Waals surface area contributed by atoms with Gasteiger partial charge < -0.3 is 9.88 Å². The predicted octanol–water partition coefficient (Wildman–Crippen LogP) is 12.6. The molecule has 1 aromatic heterocycles. The normalized spacial score (nSPS) is 15.4. The summed E-state index contributed by atoms with van der Waals surface area (Å²) >= 11 is 0. The number of nitrogens with zero attached hydrogens (tertiary/aromatic N) is 2. The monoisotopic (exact) mass is 729 g/mol. The first-order valence-electron chi connectivity index (χ1n) is 19.7. The Bertz CT molecular complexity index is 3010. The van der Waals surface area contributed by atoms with Crippen LogP contribution in [0.15, 0.2) is 211 Å². The van der Waals surface area contributed by atoms with Crippen molar-refractivity contribution in [2.45, 2.75) is 18.5 Å². The number of para-hydroxylation sites is 1. The van der Waals surface area contributed by atoms with E-state index in [9.17, 15) is 0 Å². The number of aliphatic imine (C=N–C) groups is 1. The molecule has 0 saturated heterocycles. The molecule has 0 saturated carbocycles. The van der Waals surface area contributed by atoms with Crippen molar-refractivity contribution in [1.82, 2.24) is 9.88 Å². The van der Waals surface area contributed by atoms with E-state index in [2.05, 4.69) is 223 Å². The Labute approximate surface area is 332 Å². The van der Waals surface area contributed by atoms with Gasteiger partial charge in [0.2, 0.25) is 0 Å². The topological polar surface area (TPSA) is 29.3 Å². The summed E-state index contributed by atoms with van der Waals surface area (Å²) in [4.78, 5) is 5.35. The largest absolute Gasteiger partial charge is 0.360 e. The van der Waals surface area contributed by atoms with Crippen molar-refractivity contribution in [2.75, 3.05) is 0 Å². The molecule has 57 heavy (non-hydrogen) atoms. The first-order valence-corrected chi connectivity index (χ1v) is 19.7. The van der Waals surface area contributed by atoms with Crippen molar-refractivity contribution in [1.29, 1.82) is 0 Å². The number of benzene rings is 8. The zero-order chi connectivity index (χ0) is 37.9. The summed E-state index contributed by atoms with van der Waals surface area (Å²) in [5.74, 6) is 0. The molecule has 8 aromatic carbocycles. The Kier molecular flexibility index (Phi) is 7.68. The van der Waals surface area contributed by atoms with Crippen LogP contribution < -0.4 is 5.32 Å². The van der Waals surface area contributed by atoms with E-state index in [1.165, 1.54) is 60.8 Å². The molecule has 3 heteroatoms. The number of aromatic nitrogens is 1. The van der Waals surface area contributed by atoms with Gasteiger partial charge in [-0.2, -0.15) is 0 Å². The summed E-state index contributed by atoms with van der Waals surface area (Å²) in [6.07, 6.45) is 1.91. The lowest BCUT2D eigenvalue weighted by atomic mass is 9.67. The molecule has 1 atom stereocenters. The van der Waals surface area contributed by atoms with Crippen molar-refractivity contribution in [2.24, 2.45) is 4.99 Å². The summed E-state index contributed by atoms with van der Waals surface area (Å²) < 4.78 is 2.45. The van der Waals surface area contributed by atoms with Crippen LogP contribution in [0, 0.1) is 6.92 Å². The quantitative estimate of drug-likeness (QED) is 0.181. The Balaban J connectivity index is 1.12. The Morgan fingerprint density at radius 2 is 1.18 bits per heavy atom. The molecule has 1 N–H and O–H groups in total. The van der Waals surface area contributed by atoms with Crippen molar-refractivity contribution >= 4 is 33.2 Å². The maximum Gasteiger partial charge on any atom is 0.145 e. The fraction of sp³-hybridized carbons (Fsp3) is 0.0556. The van der Waals surface area contributed by atoms with Crippen LogP contribution in [0.4, 0.5) is 0 Å². The minimum Gasteiger partial charge on any atom is -0.360 e. The summed E-state index contributed by atoms with van der Waals surface area (Å²) in [6.45, 7) is 2.14. The fourth-order valence-corrected chi connectivity index (χ4v) is 9.45. The molecule has 0 bridgehead atoms. The van der Waals surface area contributed by atoms with Gasteiger partial charge in [0.15, 0.2) is 0 Å². The number of hydrogen-bond acceptors (Lipinski definition) is 2. The van der Waals surface area contributed by atoms with E-state index in [1.54, 1.807) is 0 Å². The highest BCUT2D eigenvalue weighted by atomic mass is 15.1. The molecule has 9 aromatic rings. The highest BCUT2D eigenvalue weighted by Gasteiger charge is 2.46. The maximum absolute atomic E-state index is 5.35. The fourth-order valence-electron chi connectivity index (χ4n) is 9.45. The van der Waals surface area contributed by atoms with Gasteiger partial charge in [-0.05, 0) is 93.9 Å². The molecule has 0 amide bonds. The van der Waals surface area contributed by atoms with Gasteiger partial charge in [-0.25, -0.2) is 0 Å². The smallest absolute Gasteiger partial charge is 0.145 e. The SMILES string of the molecule is Cc1cccc(C2=NC(c3cccc(-n4c5ccccc5c5cc6c(cc54)-c4ccccc4C6(c4ccccc4)c4ccccc4)c3)NC(c3ccccc3)=C2)c1. The first-order chi connectivity index (χ1) is 28.2. The van der Waals surface area contributed by atoms with Gasteiger partial charge in [0, 0.05) is 27.7 Å². The van der Waals surface area contributed by atoms with Crippen LogP contribution >= 0.6 is 0 Å². The van der Waals surface area contributed by atoms with Crippen LogP contribution in [0.2, 0.25) is 0 Å². The van der Waals surface area contributed by atoms with E-state index in [-0.39, 0.29) is 6.17 Å². The third kappa shape index (κ3) is 5.23. The van der Waals surface area contributed by atoms with Crippen LogP contribution in [-0.2, 0) is 5.41 Å². The molecule has 1 aliphatic heterocycles. The summed E-state index contributed by atoms with van der Waals surface area (Å²) in [7, 11) is 0. The van der Waals surface area contributed by atoms with Crippen LogP contribution in [0.5, 0.6) is 0 Å². The van der Waals surface area contributed by atoms with Gasteiger partial charge in [0.05, 0.1) is 22.2 Å². The zero-order valence-corrected chi connectivity index (χ0v) is 31.6. The number of aryl methyl sites for hydroxylation is 1. The number of hydrogen-bond donors (Lipinski definition) is 1. The van der Waals surface area contributed by atoms with Gasteiger partial charge in [-0.3, -0.25) is 4.99 Å². The molecule has 11 rings (SSSR count). The molecular formula is C54H39N3. The van der Waals surface area contributed by atoms with Crippen molar-refractivity contribution in [3.8, 4) is 16.8 Å². The minimum absolute atomic E-state index is 0.276. The summed E-state index contributed by atoms with van der Waals surface area (Å²) in [5, 5.41) is 6.27. The van der Waals surface area contributed by atoms with Crippen molar-refractivity contribution in [3.63, 3.8) is 0 Å². The highest BCUT2D eigenvalue weighted by molar-refractivity contribution is 6.13. The molecule has 1 aliphatic carbocycles. The maximum atomic E-state index is 5.35. The predicted molar refractivity (Wildman–Crippen MR) is 236 cm³/mol. The third-order valence-electron chi connectivity index (χ3n) is 11.9. The van der Waals surface area contributed by atoms with Gasteiger partial charge >= 0.3 is 0 Å². The number of fused-ring (bicyclic) bond motifs is 6. The second-order valence-electron chi connectivity index (χ2n) is 15.2. The Morgan fingerprint density at radius 1 is 0.509 bits per heavy atom. The van der Waals surface area contributed by atoms with Crippen molar-refractivity contribution < 1.29 is 0 Å². The van der Waals surface area contributed by atoms with Gasteiger partial charge in [0.25, 0.3) is 0 Å². The standard InChI is InChI=1S/C54H39N3/c1-36-17-15-20-38(31-36)50-35-49(37-18-5-2-6-19-37)55-53(56-50)39-21-16-26-42(32-39)57-51-30-14-12-28-44(51)46-33-48-45(34-52(46)57)43-27-11-13-29-47(43)54(48,40-22-7-3-8-23-40)41-24-9-4-10-25-41/h2-35,53,55H,1H3. The lowest BCUT2D eigenvalue weighted by molar-refractivity contribution is 0.663. The number of rotatable bonds is 6. The molecule has 270 valence electrons. The average Bonchev–Trinajstić information content (AvgIpc) is 3.76. The molecule has 0 fully saturated rings. The lowest BCUT2D eigenvalue weighted by Gasteiger charge is -2.34. The molecule has 2 heterocycles. The Morgan fingerprint density at radius 3 is 1.95 bits per heavy atom. The molecule has 1 unspecified atom stereocenters. The van der Waals surface area contributed by atoms with Gasteiger partial charge in [-0.1, -0.05) is 169 Å². The number of allylic oxidation sites excluding steroid dienone is 1. The summed E-state index contributed by atoms with van der Waals surface area (Å²) in [6, 6.07) is 73.0. The second-order valence-corrected chi connectivity index (χ2v) is 15.2. The molecule has 3 nitrogen and oxygen atoms in total. The van der Waals surface area contributed by atoms with Gasteiger partial charge in [-0.15, -0.1) is 0 Å². The van der Waals surface area contributed by atoms with E-state index in [0.717, 1.165) is 33.8 Å². The molecular weight excluding hydrogens is 691 g/mol. The van der Waals surface area contributed by atoms with E-state index < -0.39 is 5.41 Å². The first kappa shape index (κ1) is 33.1. The Hall–Kier alpha value is -7.23. The molecule has 0 radical (unpaired) electrons. The van der Waals surface area contributed by atoms with E-state index in [0.29, 0.717) is 0 Å². The zero-order valence-electron chi connectivity index (χ0n) is 31.6. The molecule has 0 spiro atoms. The molecule has 2 aliphatic rings. The van der Waals surface area contributed by atoms with Crippen LogP contribution in [0.3, 0.4) is 0 Å².